The molecule has 0 saturated carbocycles. The minimum Gasteiger partial charge on any atom is -0.379 e. The summed E-state index contributed by atoms with van der Waals surface area (Å²) < 4.78 is 5.38. The van der Waals surface area contributed by atoms with Gasteiger partial charge in [-0.1, -0.05) is 26.0 Å². The highest BCUT2D eigenvalue weighted by atomic mass is 32.2. The first kappa shape index (κ1) is 16.5. The Labute approximate surface area is 132 Å². The van der Waals surface area contributed by atoms with Crippen LogP contribution in [0.4, 0.5) is 0 Å². The van der Waals surface area contributed by atoms with Crippen LogP contribution in [0.25, 0.3) is 0 Å². The summed E-state index contributed by atoms with van der Waals surface area (Å²) in [7, 11) is 0. The van der Waals surface area contributed by atoms with Gasteiger partial charge in [-0.3, -0.25) is 9.69 Å². The first-order chi connectivity index (χ1) is 9.91. The largest absolute Gasteiger partial charge is 0.379 e. The molecule has 1 aliphatic rings. The van der Waals surface area contributed by atoms with Crippen LogP contribution in [0.2, 0.25) is 0 Å². The van der Waals surface area contributed by atoms with Gasteiger partial charge in [0.2, 0.25) is 0 Å². The molecule has 1 saturated heterocycles. The molecule has 0 N–H and O–H groups in total. The lowest BCUT2D eigenvalue weighted by atomic mass is 9.91. The molecule has 0 aromatic heterocycles. The van der Waals surface area contributed by atoms with Crippen LogP contribution in [0.5, 0.6) is 0 Å². The molecule has 0 spiro atoms. The third-order valence-electron chi connectivity index (χ3n) is 3.85. The van der Waals surface area contributed by atoms with E-state index in [9.17, 15) is 4.79 Å². The number of hydrogen-bond donors (Lipinski definition) is 0. The highest BCUT2D eigenvalue weighted by molar-refractivity contribution is 7.99. The fourth-order valence-corrected chi connectivity index (χ4v) is 3.41. The maximum Gasteiger partial charge on any atom is 0.182 e. The van der Waals surface area contributed by atoms with Crippen molar-refractivity contribution in [2.45, 2.75) is 43.4 Å². The fourth-order valence-electron chi connectivity index (χ4n) is 2.58. The first-order valence-corrected chi connectivity index (χ1v) is 8.43. The number of carbonyl (C=O) groups excluding carboxylic acids is 1. The average molecular weight is 307 g/mol. The molecule has 1 fully saturated rings. The molecule has 3 nitrogen and oxygen atoms in total. The molecule has 0 atom stereocenters. The SMILES string of the molecule is CC(C)Sc1ccc(C(=O)C(C)(C)N2CCOCC2)cc1. The standard InChI is InChI=1S/C17H25NO2S/c1-13(2)21-15-7-5-14(6-8-15)16(19)17(3,4)18-9-11-20-12-10-18/h5-8,13H,9-12H2,1-4H3. The lowest BCUT2D eigenvalue weighted by molar-refractivity contribution is -0.00430. The van der Waals surface area contributed by atoms with Gasteiger partial charge in [0, 0.05) is 28.8 Å². The number of ether oxygens (including phenoxy) is 1. The molecule has 21 heavy (non-hydrogen) atoms. The van der Waals surface area contributed by atoms with E-state index in [0.29, 0.717) is 18.5 Å². The number of carbonyl (C=O) groups is 1. The van der Waals surface area contributed by atoms with E-state index in [4.69, 9.17) is 4.74 Å². The number of morpholine rings is 1. The van der Waals surface area contributed by atoms with Crippen LogP contribution in [0, 0.1) is 0 Å². The number of Topliss-reactive ketones (excluding diaryl/α,β-unsaturated/α-hetero) is 1. The van der Waals surface area contributed by atoms with Gasteiger partial charge in [-0.2, -0.15) is 0 Å². The molecule has 1 aliphatic heterocycles. The Hall–Kier alpha value is -0.840. The second-order valence-corrected chi connectivity index (χ2v) is 7.83. The Kier molecular flexibility index (Phi) is 5.47. The van der Waals surface area contributed by atoms with E-state index in [2.05, 4.69) is 18.7 Å². The molecule has 0 radical (unpaired) electrons. The molecule has 1 heterocycles. The van der Waals surface area contributed by atoms with Crippen LogP contribution in [-0.2, 0) is 4.74 Å². The molecular formula is C17H25NO2S. The van der Waals surface area contributed by atoms with Crippen LogP contribution in [-0.4, -0.2) is 47.8 Å². The van der Waals surface area contributed by atoms with Crippen molar-refractivity contribution >= 4 is 17.5 Å². The fraction of sp³-hybridized carbons (Fsp3) is 0.588. The van der Waals surface area contributed by atoms with Gasteiger partial charge in [0.05, 0.1) is 18.8 Å². The number of hydrogen-bond acceptors (Lipinski definition) is 4. The van der Waals surface area contributed by atoms with Gasteiger partial charge in [0.25, 0.3) is 0 Å². The van der Waals surface area contributed by atoms with E-state index >= 15 is 0 Å². The van der Waals surface area contributed by atoms with Gasteiger partial charge in [0.15, 0.2) is 5.78 Å². The summed E-state index contributed by atoms with van der Waals surface area (Å²) >= 11 is 1.82. The minimum absolute atomic E-state index is 0.186. The van der Waals surface area contributed by atoms with Crippen molar-refractivity contribution < 1.29 is 9.53 Å². The van der Waals surface area contributed by atoms with Crippen molar-refractivity contribution in [1.82, 2.24) is 4.90 Å². The Morgan fingerprint density at radius 1 is 1.19 bits per heavy atom. The van der Waals surface area contributed by atoms with Crippen molar-refractivity contribution in [2.75, 3.05) is 26.3 Å². The maximum absolute atomic E-state index is 12.8. The molecule has 0 amide bonds. The predicted octanol–water partition coefficient (Wildman–Crippen LogP) is 3.48. The van der Waals surface area contributed by atoms with Crippen molar-refractivity contribution in [3.05, 3.63) is 29.8 Å². The molecule has 0 unspecified atom stereocenters. The minimum atomic E-state index is -0.476. The van der Waals surface area contributed by atoms with Gasteiger partial charge < -0.3 is 4.74 Å². The molecule has 1 aromatic carbocycles. The smallest absolute Gasteiger partial charge is 0.182 e. The summed E-state index contributed by atoms with van der Waals surface area (Å²) in [5.74, 6) is 0.186. The summed E-state index contributed by atoms with van der Waals surface area (Å²) in [6, 6.07) is 8.01. The molecular weight excluding hydrogens is 282 g/mol. The number of ketones is 1. The van der Waals surface area contributed by atoms with Crippen molar-refractivity contribution in [3.8, 4) is 0 Å². The second-order valence-electron chi connectivity index (χ2n) is 6.18. The second kappa shape index (κ2) is 6.95. The number of benzene rings is 1. The van der Waals surface area contributed by atoms with Crippen LogP contribution in [0.1, 0.15) is 38.1 Å². The van der Waals surface area contributed by atoms with Crippen molar-refractivity contribution in [3.63, 3.8) is 0 Å². The van der Waals surface area contributed by atoms with Crippen LogP contribution in [0.3, 0.4) is 0 Å². The monoisotopic (exact) mass is 307 g/mol. The highest BCUT2D eigenvalue weighted by Crippen LogP contribution is 2.26. The van der Waals surface area contributed by atoms with Crippen LogP contribution >= 0.6 is 11.8 Å². The van der Waals surface area contributed by atoms with Crippen molar-refractivity contribution in [2.24, 2.45) is 0 Å². The van der Waals surface area contributed by atoms with E-state index < -0.39 is 5.54 Å². The zero-order chi connectivity index (χ0) is 15.5. The molecule has 2 rings (SSSR count). The topological polar surface area (TPSA) is 29.5 Å². The zero-order valence-corrected chi connectivity index (χ0v) is 14.2. The summed E-state index contributed by atoms with van der Waals surface area (Å²) in [5, 5.41) is 0.552. The number of nitrogens with zero attached hydrogens (tertiary/aromatic N) is 1. The molecule has 1 aromatic rings. The quantitative estimate of drug-likeness (QED) is 0.615. The Morgan fingerprint density at radius 3 is 2.29 bits per heavy atom. The third kappa shape index (κ3) is 4.09. The van der Waals surface area contributed by atoms with Crippen LogP contribution < -0.4 is 0 Å². The lowest BCUT2D eigenvalue weighted by Gasteiger charge is -2.39. The molecule has 0 aliphatic carbocycles. The Balaban J connectivity index is 2.10. The summed E-state index contributed by atoms with van der Waals surface area (Å²) in [6.45, 7) is 11.4. The molecule has 116 valence electrons. The predicted molar refractivity (Wildman–Crippen MR) is 88.2 cm³/mol. The van der Waals surface area contributed by atoms with E-state index in [0.717, 1.165) is 18.7 Å². The van der Waals surface area contributed by atoms with Gasteiger partial charge in [-0.05, 0) is 26.0 Å². The summed E-state index contributed by atoms with van der Waals surface area (Å²) in [5.41, 5.74) is 0.316. The summed E-state index contributed by atoms with van der Waals surface area (Å²) in [6.07, 6.45) is 0. The van der Waals surface area contributed by atoms with E-state index in [1.54, 1.807) is 0 Å². The van der Waals surface area contributed by atoms with E-state index in [1.807, 2.05) is 49.9 Å². The van der Waals surface area contributed by atoms with Gasteiger partial charge in [-0.15, -0.1) is 11.8 Å². The maximum atomic E-state index is 12.8. The molecule has 4 heteroatoms. The third-order valence-corrected chi connectivity index (χ3v) is 4.86. The van der Waals surface area contributed by atoms with E-state index in [1.165, 1.54) is 4.90 Å². The van der Waals surface area contributed by atoms with Crippen molar-refractivity contribution in [1.29, 1.82) is 0 Å². The normalized spacial score (nSPS) is 17.2. The van der Waals surface area contributed by atoms with Crippen LogP contribution in [0.15, 0.2) is 29.2 Å². The number of thioether (sulfide) groups is 1. The van der Waals surface area contributed by atoms with Gasteiger partial charge in [-0.25, -0.2) is 0 Å². The number of rotatable bonds is 5. The Morgan fingerprint density at radius 2 is 1.76 bits per heavy atom. The zero-order valence-electron chi connectivity index (χ0n) is 13.4. The highest BCUT2D eigenvalue weighted by Gasteiger charge is 2.35. The van der Waals surface area contributed by atoms with Gasteiger partial charge >= 0.3 is 0 Å². The Bertz CT molecular complexity index is 476. The van der Waals surface area contributed by atoms with Gasteiger partial charge in [0.1, 0.15) is 0 Å². The first-order valence-electron chi connectivity index (χ1n) is 7.55. The molecule has 0 bridgehead atoms. The lowest BCUT2D eigenvalue weighted by Crippen LogP contribution is -2.54. The average Bonchev–Trinajstić information content (AvgIpc) is 2.47. The summed E-state index contributed by atoms with van der Waals surface area (Å²) in [4.78, 5) is 16.2. The van der Waals surface area contributed by atoms with E-state index in [-0.39, 0.29) is 5.78 Å².